The molecule has 0 aromatic heterocycles. The van der Waals surface area contributed by atoms with Gasteiger partial charge >= 0.3 is 0 Å². The van der Waals surface area contributed by atoms with E-state index in [-0.39, 0.29) is 17.3 Å². The van der Waals surface area contributed by atoms with Crippen LogP contribution < -0.4 is 0 Å². The molecule has 5 heteroatoms. The van der Waals surface area contributed by atoms with E-state index in [2.05, 4.69) is 0 Å². The van der Waals surface area contributed by atoms with Crippen LogP contribution in [0, 0.1) is 12.8 Å². The predicted molar refractivity (Wildman–Crippen MR) is 96.2 cm³/mol. The average molecular weight is 345 g/mol. The Labute approximate surface area is 149 Å². The van der Waals surface area contributed by atoms with Gasteiger partial charge in [0.05, 0.1) is 11.6 Å². The van der Waals surface area contributed by atoms with E-state index in [4.69, 9.17) is 4.74 Å². The van der Waals surface area contributed by atoms with Crippen LogP contribution in [0.4, 0.5) is 0 Å². The summed E-state index contributed by atoms with van der Waals surface area (Å²) in [6.07, 6.45) is 0.949. The van der Waals surface area contributed by atoms with E-state index in [1.165, 1.54) is 0 Å². The Morgan fingerprint density at radius 3 is 2.60 bits per heavy atom. The second-order valence-electron chi connectivity index (χ2n) is 6.89. The summed E-state index contributed by atoms with van der Waals surface area (Å²) in [5.41, 5.74) is 2.09. The number of hydrogen-bond donors (Lipinski definition) is 1. The fourth-order valence-electron chi connectivity index (χ4n) is 3.25. The third kappa shape index (κ3) is 4.10. The molecular weight excluding hydrogens is 318 g/mol. The highest BCUT2D eigenvalue weighted by Gasteiger charge is 2.43. The van der Waals surface area contributed by atoms with Gasteiger partial charge in [0, 0.05) is 26.7 Å². The first-order valence-electron chi connectivity index (χ1n) is 8.70. The third-order valence-corrected chi connectivity index (χ3v) is 4.43. The van der Waals surface area contributed by atoms with Crippen molar-refractivity contribution in [2.45, 2.75) is 39.7 Å². The first-order valence-corrected chi connectivity index (χ1v) is 8.70. The molecule has 0 spiro atoms. The Morgan fingerprint density at radius 1 is 1.32 bits per heavy atom. The molecule has 1 heterocycles. The summed E-state index contributed by atoms with van der Waals surface area (Å²) in [5.74, 6) is -0.890. The summed E-state index contributed by atoms with van der Waals surface area (Å²) in [5, 5.41) is 10.4. The molecule has 136 valence electrons. The van der Waals surface area contributed by atoms with Crippen LogP contribution in [-0.2, 0) is 14.3 Å². The Balaban J connectivity index is 2.45. The molecule has 0 saturated carbocycles. The summed E-state index contributed by atoms with van der Waals surface area (Å²) in [7, 11) is 1.61. The molecule has 0 saturated heterocycles. The number of amides is 1. The lowest BCUT2D eigenvalue weighted by Gasteiger charge is -2.28. The average Bonchev–Trinajstić information content (AvgIpc) is 2.80. The van der Waals surface area contributed by atoms with Crippen LogP contribution in [-0.4, -0.2) is 42.0 Å². The topological polar surface area (TPSA) is 66.8 Å². The van der Waals surface area contributed by atoms with Crippen LogP contribution in [0.5, 0.6) is 0 Å². The number of aryl methyl sites for hydroxylation is 1. The highest BCUT2D eigenvalue weighted by Crippen LogP contribution is 2.39. The highest BCUT2D eigenvalue weighted by molar-refractivity contribution is 6.09. The van der Waals surface area contributed by atoms with Gasteiger partial charge in [-0.05, 0) is 30.4 Å². The van der Waals surface area contributed by atoms with E-state index in [1.54, 1.807) is 12.0 Å². The van der Waals surface area contributed by atoms with Crippen molar-refractivity contribution in [3.05, 3.63) is 46.7 Å². The summed E-state index contributed by atoms with van der Waals surface area (Å²) < 4.78 is 5.07. The van der Waals surface area contributed by atoms with E-state index in [1.807, 2.05) is 45.0 Å². The molecule has 0 bridgehead atoms. The molecule has 5 nitrogen and oxygen atoms in total. The van der Waals surface area contributed by atoms with Crippen LogP contribution in [0.2, 0.25) is 0 Å². The first kappa shape index (κ1) is 19.2. The molecule has 1 amide bonds. The largest absolute Gasteiger partial charge is 0.503 e. The maximum atomic E-state index is 12.8. The van der Waals surface area contributed by atoms with Crippen LogP contribution in [0.1, 0.15) is 43.9 Å². The van der Waals surface area contributed by atoms with Gasteiger partial charge in [0.2, 0.25) is 0 Å². The Hall–Kier alpha value is -2.14. The number of carbonyl (C=O) groups excluding carboxylic acids is 2. The van der Waals surface area contributed by atoms with Crippen molar-refractivity contribution < 1.29 is 19.4 Å². The maximum Gasteiger partial charge on any atom is 0.290 e. The van der Waals surface area contributed by atoms with Crippen LogP contribution in [0.25, 0.3) is 0 Å². The van der Waals surface area contributed by atoms with E-state index in [9.17, 15) is 14.7 Å². The first-order chi connectivity index (χ1) is 11.9. The number of nitrogens with zero attached hydrogens (tertiary/aromatic N) is 1. The lowest BCUT2D eigenvalue weighted by atomic mass is 9.90. The molecule has 1 aliphatic heterocycles. The van der Waals surface area contributed by atoms with Gasteiger partial charge in [-0.3, -0.25) is 9.59 Å². The van der Waals surface area contributed by atoms with Gasteiger partial charge in [0.25, 0.3) is 5.91 Å². The number of rotatable bonds is 8. The van der Waals surface area contributed by atoms with Crippen molar-refractivity contribution >= 4 is 11.7 Å². The number of ether oxygens (including phenoxy) is 1. The Bertz CT molecular complexity index is 678. The summed E-state index contributed by atoms with van der Waals surface area (Å²) in [6.45, 7) is 6.79. The van der Waals surface area contributed by atoms with Gasteiger partial charge in [-0.2, -0.15) is 0 Å². The monoisotopic (exact) mass is 345 g/mol. The number of aliphatic hydroxyl groups excluding tert-OH is 1. The van der Waals surface area contributed by atoms with Crippen LogP contribution in [0.15, 0.2) is 35.6 Å². The van der Waals surface area contributed by atoms with Gasteiger partial charge < -0.3 is 14.7 Å². The van der Waals surface area contributed by atoms with Crippen molar-refractivity contribution in [2.24, 2.45) is 5.92 Å². The van der Waals surface area contributed by atoms with Crippen molar-refractivity contribution in [2.75, 3.05) is 20.3 Å². The van der Waals surface area contributed by atoms with Gasteiger partial charge in [-0.15, -0.1) is 0 Å². The lowest BCUT2D eigenvalue weighted by molar-refractivity contribution is -0.129. The normalized spacial score (nSPS) is 17.7. The van der Waals surface area contributed by atoms with Crippen molar-refractivity contribution in [1.82, 2.24) is 4.90 Å². The third-order valence-electron chi connectivity index (χ3n) is 4.43. The second-order valence-corrected chi connectivity index (χ2v) is 6.89. The summed E-state index contributed by atoms with van der Waals surface area (Å²) in [6, 6.07) is 7.14. The van der Waals surface area contributed by atoms with Crippen LogP contribution >= 0.6 is 0 Å². The quantitative estimate of drug-likeness (QED) is 0.734. The minimum Gasteiger partial charge on any atom is -0.503 e. The molecule has 1 unspecified atom stereocenters. The van der Waals surface area contributed by atoms with Gasteiger partial charge in [-0.1, -0.05) is 38.1 Å². The molecule has 1 aliphatic rings. The molecule has 0 fully saturated rings. The van der Waals surface area contributed by atoms with Gasteiger partial charge in [0.15, 0.2) is 11.5 Å². The minimum atomic E-state index is -0.531. The Kier molecular flexibility index (Phi) is 6.37. The van der Waals surface area contributed by atoms with Crippen molar-refractivity contribution in [3.8, 4) is 0 Å². The number of carbonyl (C=O) groups is 2. The zero-order valence-corrected chi connectivity index (χ0v) is 15.4. The van der Waals surface area contributed by atoms with Crippen molar-refractivity contribution in [3.63, 3.8) is 0 Å². The number of methoxy groups -OCH3 is 1. The SMILES string of the molecule is COCCCN1C(=O)C(O)=C(C(=O)CC(C)C)C1c1ccccc1C. The molecule has 1 aromatic carbocycles. The van der Waals surface area contributed by atoms with Gasteiger partial charge in [0.1, 0.15) is 0 Å². The number of Topliss-reactive ketones (excluding diaryl/α,β-unsaturated/α-hetero) is 1. The zero-order valence-electron chi connectivity index (χ0n) is 15.4. The summed E-state index contributed by atoms with van der Waals surface area (Å²) >= 11 is 0. The fourth-order valence-corrected chi connectivity index (χ4v) is 3.25. The number of aliphatic hydroxyl groups is 1. The standard InChI is InChI=1S/C20H27NO4/c1-13(2)12-16(22)17-18(15-9-6-5-8-14(15)3)21(10-7-11-25-4)20(24)19(17)23/h5-6,8-9,13,18,23H,7,10-12H2,1-4H3. The smallest absolute Gasteiger partial charge is 0.290 e. The summed E-state index contributed by atoms with van der Waals surface area (Å²) in [4.78, 5) is 27.0. The maximum absolute atomic E-state index is 12.8. The molecular formula is C20H27NO4. The van der Waals surface area contributed by atoms with E-state index in [0.29, 0.717) is 26.0 Å². The molecule has 25 heavy (non-hydrogen) atoms. The van der Waals surface area contributed by atoms with E-state index in [0.717, 1.165) is 11.1 Å². The fraction of sp³-hybridized carbons (Fsp3) is 0.500. The molecule has 1 atom stereocenters. The number of benzene rings is 1. The van der Waals surface area contributed by atoms with Crippen LogP contribution in [0.3, 0.4) is 0 Å². The molecule has 1 N–H and O–H groups in total. The lowest BCUT2D eigenvalue weighted by Crippen LogP contribution is -2.33. The van der Waals surface area contributed by atoms with E-state index >= 15 is 0 Å². The molecule has 0 aliphatic carbocycles. The Morgan fingerprint density at radius 2 is 2.00 bits per heavy atom. The highest BCUT2D eigenvalue weighted by atomic mass is 16.5. The number of ketones is 1. The molecule has 1 aromatic rings. The molecule has 2 rings (SSSR count). The number of hydrogen-bond acceptors (Lipinski definition) is 4. The second kappa shape index (κ2) is 8.30. The minimum absolute atomic E-state index is 0.156. The zero-order chi connectivity index (χ0) is 18.6. The van der Waals surface area contributed by atoms with Crippen molar-refractivity contribution in [1.29, 1.82) is 0 Å². The van der Waals surface area contributed by atoms with E-state index < -0.39 is 17.7 Å². The molecule has 0 radical (unpaired) electrons. The predicted octanol–water partition coefficient (Wildman–Crippen LogP) is 3.34. The van der Waals surface area contributed by atoms with Gasteiger partial charge in [-0.25, -0.2) is 0 Å².